The van der Waals surface area contributed by atoms with Gasteiger partial charge in [0.15, 0.2) is 0 Å². The second-order valence-corrected chi connectivity index (χ2v) is 4.57. The van der Waals surface area contributed by atoms with E-state index in [1.165, 1.54) is 5.56 Å². The van der Waals surface area contributed by atoms with Crippen LogP contribution in [0.15, 0.2) is 18.2 Å². The van der Waals surface area contributed by atoms with Crippen LogP contribution in [0.2, 0.25) is 5.02 Å². The maximum absolute atomic E-state index is 5.95. The van der Waals surface area contributed by atoms with Gasteiger partial charge in [0.2, 0.25) is 0 Å². The highest BCUT2D eigenvalue weighted by atomic mass is 35.5. The predicted octanol–water partition coefficient (Wildman–Crippen LogP) is 3.65. The molecule has 0 unspecified atom stereocenters. The zero-order chi connectivity index (χ0) is 10.1. The molecule has 1 nitrogen and oxygen atoms in total. The Morgan fingerprint density at radius 3 is 2.23 bits per heavy atom. The van der Waals surface area contributed by atoms with Crippen molar-refractivity contribution in [2.45, 2.75) is 26.2 Å². The van der Waals surface area contributed by atoms with Crippen LogP contribution in [0, 0.1) is 0 Å². The zero-order valence-corrected chi connectivity index (χ0v) is 9.27. The Bertz CT molecular complexity index is 299. The Labute approximate surface area is 84.7 Å². The first kappa shape index (κ1) is 10.4. The van der Waals surface area contributed by atoms with Crippen molar-refractivity contribution < 1.29 is 4.74 Å². The van der Waals surface area contributed by atoms with Crippen LogP contribution >= 0.6 is 11.6 Å². The first-order valence-electron chi connectivity index (χ1n) is 4.28. The van der Waals surface area contributed by atoms with Gasteiger partial charge in [0, 0.05) is 5.02 Å². The van der Waals surface area contributed by atoms with Gasteiger partial charge < -0.3 is 4.74 Å². The normalized spacial score (nSPS) is 11.5. The van der Waals surface area contributed by atoms with Gasteiger partial charge in [-0.3, -0.25) is 0 Å². The van der Waals surface area contributed by atoms with Gasteiger partial charge in [0.1, 0.15) is 5.75 Å². The number of hydrogen-bond acceptors (Lipinski definition) is 1. The molecule has 0 aliphatic rings. The summed E-state index contributed by atoms with van der Waals surface area (Å²) in [5, 5.41) is 0.726. The van der Waals surface area contributed by atoms with Crippen LogP contribution < -0.4 is 4.74 Å². The molecule has 0 amide bonds. The van der Waals surface area contributed by atoms with E-state index < -0.39 is 0 Å². The molecular weight excluding hydrogens is 184 g/mol. The minimum atomic E-state index is 0.109. The standard InChI is InChI=1S/C11H15ClO/c1-11(2,3)8-5-9(12)7-10(6-8)13-4/h5-7H,1-4H3. The molecule has 0 spiro atoms. The van der Waals surface area contributed by atoms with Gasteiger partial charge in [-0.15, -0.1) is 0 Å². The van der Waals surface area contributed by atoms with Crippen LogP contribution in [0.4, 0.5) is 0 Å². The summed E-state index contributed by atoms with van der Waals surface area (Å²) in [6.45, 7) is 6.45. The number of halogens is 1. The van der Waals surface area contributed by atoms with Crippen molar-refractivity contribution in [2.75, 3.05) is 7.11 Å². The Morgan fingerprint density at radius 2 is 1.77 bits per heavy atom. The molecule has 0 fully saturated rings. The van der Waals surface area contributed by atoms with Crippen LogP contribution in [-0.4, -0.2) is 7.11 Å². The number of ether oxygens (including phenoxy) is 1. The van der Waals surface area contributed by atoms with Crippen LogP contribution in [0.1, 0.15) is 26.3 Å². The lowest BCUT2D eigenvalue weighted by atomic mass is 9.87. The zero-order valence-electron chi connectivity index (χ0n) is 8.52. The number of rotatable bonds is 1. The summed E-state index contributed by atoms with van der Waals surface area (Å²) in [4.78, 5) is 0. The number of benzene rings is 1. The molecule has 0 saturated heterocycles. The lowest BCUT2D eigenvalue weighted by molar-refractivity contribution is 0.412. The molecule has 72 valence electrons. The average Bonchev–Trinajstić information content (AvgIpc) is 2.01. The van der Waals surface area contributed by atoms with Gasteiger partial charge in [0.25, 0.3) is 0 Å². The fourth-order valence-electron chi connectivity index (χ4n) is 1.11. The Kier molecular flexibility index (Phi) is 2.87. The van der Waals surface area contributed by atoms with Gasteiger partial charge >= 0.3 is 0 Å². The summed E-state index contributed by atoms with van der Waals surface area (Å²) < 4.78 is 5.15. The van der Waals surface area contributed by atoms with Crippen LogP contribution in [-0.2, 0) is 5.41 Å². The summed E-state index contributed by atoms with van der Waals surface area (Å²) in [7, 11) is 1.65. The van der Waals surface area contributed by atoms with Gasteiger partial charge in [-0.25, -0.2) is 0 Å². The minimum absolute atomic E-state index is 0.109. The van der Waals surface area contributed by atoms with Crippen molar-refractivity contribution in [1.29, 1.82) is 0 Å². The molecule has 0 N–H and O–H groups in total. The van der Waals surface area contributed by atoms with Crippen molar-refractivity contribution in [3.63, 3.8) is 0 Å². The fraction of sp³-hybridized carbons (Fsp3) is 0.455. The van der Waals surface area contributed by atoms with E-state index in [2.05, 4.69) is 20.8 Å². The molecule has 0 saturated carbocycles. The summed E-state index contributed by atoms with van der Waals surface area (Å²) in [5.74, 6) is 0.817. The van der Waals surface area contributed by atoms with Gasteiger partial charge in [-0.2, -0.15) is 0 Å². The molecule has 0 atom stereocenters. The van der Waals surface area contributed by atoms with E-state index in [-0.39, 0.29) is 5.41 Å². The van der Waals surface area contributed by atoms with Crippen molar-refractivity contribution in [2.24, 2.45) is 0 Å². The maximum Gasteiger partial charge on any atom is 0.120 e. The molecule has 0 heterocycles. The lowest BCUT2D eigenvalue weighted by Gasteiger charge is -2.19. The maximum atomic E-state index is 5.95. The summed E-state index contributed by atoms with van der Waals surface area (Å²) in [6.07, 6.45) is 0. The topological polar surface area (TPSA) is 9.23 Å². The molecule has 0 aliphatic heterocycles. The van der Waals surface area contributed by atoms with Gasteiger partial charge in [-0.1, -0.05) is 32.4 Å². The fourth-order valence-corrected chi connectivity index (χ4v) is 1.34. The average molecular weight is 199 g/mol. The van der Waals surface area contributed by atoms with E-state index in [9.17, 15) is 0 Å². The smallest absolute Gasteiger partial charge is 0.120 e. The van der Waals surface area contributed by atoms with E-state index >= 15 is 0 Å². The second kappa shape index (κ2) is 3.59. The summed E-state index contributed by atoms with van der Waals surface area (Å²) >= 11 is 5.95. The van der Waals surface area contributed by atoms with E-state index in [4.69, 9.17) is 16.3 Å². The highest BCUT2D eigenvalue weighted by Crippen LogP contribution is 2.29. The molecule has 1 aromatic rings. The predicted molar refractivity (Wildman–Crippen MR) is 56.7 cm³/mol. The molecule has 1 rings (SSSR count). The lowest BCUT2D eigenvalue weighted by Crippen LogP contribution is -2.10. The molecule has 0 bridgehead atoms. The van der Waals surface area contributed by atoms with Crippen LogP contribution in [0.25, 0.3) is 0 Å². The van der Waals surface area contributed by atoms with Crippen molar-refractivity contribution in [1.82, 2.24) is 0 Å². The number of hydrogen-bond donors (Lipinski definition) is 0. The van der Waals surface area contributed by atoms with Crippen LogP contribution in [0.3, 0.4) is 0 Å². The summed E-state index contributed by atoms with van der Waals surface area (Å²) in [5.41, 5.74) is 1.30. The third kappa shape index (κ3) is 2.63. The molecular formula is C11H15ClO. The number of methoxy groups -OCH3 is 1. The Hall–Kier alpha value is -0.690. The Balaban J connectivity index is 3.16. The molecule has 2 heteroatoms. The third-order valence-electron chi connectivity index (χ3n) is 1.97. The first-order chi connectivity index (χ1) is 5.93. The van der Waals surface area contributed by atoms with E-state index in [0.717, 1.165) is 10.8 Å². The van der Waals surface area contributed by atoms with Crippen LogP contribution in [0.5, 0.6) is 5.75 Å². The first-order valence-corrected chi connectivity index (χ1v) is 4.66. The molecule has 13 heavy (non-hydrogen) atoms. The van der Waals surface area contributed by atoms with Crippen molar-refractivity contribution in [3.8, 4) is 5.75 Å². The van der Waals surface area contributed by atoms with E-state index in [1.54, 1.807) is 7.11 Å². The monoisotopic (exact) mass is 198 g/mol. The second-order valence-electron chi connectivity index (χ2n) is 4.13. The molecule has 0 aliphatic carbocycles. The van der Waals surface area contributed by atoms with Crippen molar-refractivity contribution >= 4 is 11.6 Å². The molecule has 0 radical (unpaired) electrons. The SMILES string of the molecule is COc1cc(Cl)cc(C(C)(C)C)c1. The third-order valence-corrected chi connectivity index (χ3v) is 2.19. The Morgan fingerprint density at radius 1 is 1.15 bits per heavy atom. The molecule has 1 aromatic carbocycles. The highest BCUT2D eigenvalue weighted by Gasteiger charge is 2.14. The largest absolute Gasteiger partial charge is 0.497 e. The van der Waals surface area contributed by atoms with E-state index in [1.807, 2.05) is 18.2 Å². The minimum Gasteiger partial charge on any atom is -0.497 e. The van der Waals surface area contributed by atoms with Gasteiger partial charge in [-0.05, 0) is 29.2 Å². The van der Waals surface area contributed by atoms with E-state index in [0.29, 0.717) is 0 Å². The molecule has 0 aromatic heterocycles. The van der Waals surface area contributed by atoms with Crippen molar-refractivity contribution in [3.05, 3.63) is 28.8 Å². The summed E-state index contributed by atoms with van der Waals surface area (Å²) in [6, 6.07) is 5.81. The quantitative estimate of drug-likeness (QED) is 0.670. The van der Waals surface area contributed by atoms with Gasteiger partial charge in [0.05, 0.1) is 7.11 Å². The highest BCUT2D eigenvalue weighted by molar-refractivity contribution is 6.30.